The Morgan fingerprint density at radius 3 is 2.54 bits per heavy atom. The molecule has 0 radical (unpaired) electrons. The maximum atomic E-state index is 13.0. The number of rotatable bonds is 4. The van der Waals surface area contributed by atoms with Gasteiger partial charge in [0, 0.05) is 6.26 Å². The zero-order valence-electron chi connectivity index (χ0n) is 13.3. The molecule has 0 fully saturated rings. The normalized spacial score (nSPS) is 11.3. The Morgan fingerprint density at radius 1 is 1.19 bits per heavy atom. The standard InChI is InChI=1S/C16H12ClFN4O3S/c1-26(24,25)12-6-7-13(17)14(8-12)20-16(23)15-9-19-22(21-15)11-4-2-10(18)3-5-11/h2-9H,1H3,(H,20,23). The number of nitrogens with one attached hydrogen (secondary N) is 1. The van der Waals surface area contributed by atoms with Crippen LogP contribution >= 0.6 is 11.6 Å². The van der Waals surface area contributed by atoms with Gasteiger partial charge in [-0.25, -0.2) is 12.8 Å². The van der Waals surface area contributed by atoms with E-state index in [2.05, 4.69) is 15.5 Å². The number of carbonyl (C=O) groups excluding carboxylic acids is 1. The fourth-order valence-corrected chi connectivity index (χ4v) is 2.90. The summed E-state index contributed by atoms with van der Waals surface area (Å²) in [7, 11) is -3.45. The van der Waals surface area contributed by atoms with E-state index < -0.39 is 21.6 Å². The van der Waals surface area contributed by atoms with Gasteiger partial charge < -0.3 is 5.32 Å². The maximum absolute atomic E-state index is 13.0. The summed E-state index contributed by atoms with van der Waals surface area (Å²) in [5.41, 5.74) is 0.591. The van der Waals surface area contributed by atoms with Crippen LogP contribution in [0.1, 0.15) is 10.5 Å². The van der Waals surface area contributed by atoms with Crippen LogP contribution in [0.15, 0.2) is 53.6 Å². The molecule has 0 saturated heterocycles. The summed E-state index contributed by atoms with van der Waals surface area (Å²) in [6, 6.07) is 9.40. The Morgan fingerprint density at radius 2 is 1.88 bits per heavy atom. The van der Waals surface area contributed by atoms with Crippen molar-refractivity contribution in [3.8, 4) is 5.69 Å². The van der Waals surface area contributed by atoms with Gasteiger partial charge in [0.05, 0.1) is 27.5 Å². The second-order valence-corrected chi connectivity index (χ2v) is 7.79. The lowest BCUT2D eigenvalue weighted by molar-refractivity contribution is 0.102. The van der Waals surface area contributed by atoms with E-state index in [9.17, 15) is 17.6 Å². The molecular formula is C16H12ClFN4O3S. The molecule has 0 aliphatic heterocycles. The molecule has 26 heavy (non-hydrogen) atoms. The highest BCUT2D eigenvalue weighted by Crippen LogP contribution is 2.25. The molecular weight excluding hydrogens is 383 g/mol. The molecule has 3 rings (SSSR count). The highest BCUT2D eigenvalue weighted by atomic mass is 35.5. The quantitative estimate of drug-likeness (QED) is 0.734. The smallest absolute Gasteiger partial charge is 0.277 e. The van der Waals surface area contributed by atoms with E-state index in [1.807, 2.05) is 0 Å². The van der Waals surface area contributed by atoms with E-state index >= 15 is 0 Å². The average Bonchev–Trinajstić information content (AvgIpc) is 3.06. The van der Waals surface area contributed by atoms with Gasteiger partial charge in [-0.15, -0.1) is 5.10 Å². The predicted molar refractivity (Wildman–Crippen MR) is 93.8 cm³/mol. The number of halogens is 2. The molecule has 0 aliphatic rings. The van der Waals surface area contributed by atoms with Gasteiger partial charge in [-0.1, -0.05) is 11.6 Å². The van der Waals surface area contributed by atoms with E-state index in [0.717, 1.165) is 6.26 Å². The van der Waals surface area contributed by atoms with Crippen LogP contribution in [-0.2, 0) is 9.84 Å². The lowest BCUT2D eigenvalue weighted by atomic mass is 10.3. The number of amides is 1. The third kappa shape index (κ3) is 3.89. The van der Waals surface area contributed by atoms with Gasteiger partial charge >= 0.3 is 0 Å². The van der Waals surface area contributed by atoms with Gasteiger partial charge in [0.1, 0.15) is 5.82 Å². The summed E-state index contributed by atoms with van der Waals surface area (Å²) < 4.78 is 36.2. The van der Waals surface area contributed by atoms with Crippen molar-refractivity contribution in [3.63, 3.8) is 0 Å². The van der Waals surface area contributed by atoms with Gasteiger partial charge in [-0.2, -0.15) is 9.90 Å². The first-order valence-electron chi connectivity index (χ1n) is 7.23. The highest BCUT2D eigenvalue weighted by molar-refractivity contribution is 7.90. The van der Waals surface area contributed by atoms with Crippen LogP contribution in [-0.4, -0.2) is 35.6 Å². The van der Waals surface area contributed by atoms with Crippen LogP contribution in [0.5, 0.6) is 0 Å². The molecule has 0 saturated carbocycles. The zero-order chi connectivity index (χ0) is 18.9. The Hall–Kier alpha value is -2.78. The molecule has 10 heteroatoms. The highest BCUT2D eigenvalue weighted by Gasteiger charge is 2.16. The Kier molecular flexibility index (Phi) is 4.75. The predicted octanol–water partition coefficient (Wildman–Crippen LogP) is 2.72. The summed E-state index contributed by atoms with van der Waals surface area (Å²) in [4.78, 5) is 13.5. The maximum Gasteiger partial charge on any atom is 0.277 e. The number of anilines is 1. The van der Waals surface area contributed by atoms with E-state index in [1.54, 1.807) is 0 Å². The van der Waals surface area contributed by atoms with Crippen molar-refractivity contribution >= 4 is 33.0 Å². The third-order valence-corrected chi connectivity index (χ3v) is 4.84. The van der Waals surface area contributed by atoms with Crippen LogP contribution in [0.4, 0.5) is 10.1 Å². The van der Waals surface area contributed by atoms with Crippen LogP contribution in [0.3, 0.4) is 0 Å². The molecule has 1 N–H and O–H groups in total. The fourth-order valence-electron chi connectivity index (χ4n) is 2.08. The Balaban J connectivity index is 1.84. The molecule has 0 aliphatic carbocycles. The Bertz CT molecular complexity index is 1080. The molecule has 3 aromatic rings. The number of carbonyl (C=O) groups is 1. The first kappa shape index (κ1) is 18.0. The average molecular weight is 395 g/mol. The van der Waals surface area contributed by atoms with E-state index in [1.165, 1.54) is 53.5 Å². The largest absolute Gasteiger partial charge is 0.319 e. The number of aromatic nitrogens is 3. The second kappa shape index (κ2) is 6.85. The van der Waals surface area contributed by atoms with Crippen LogP contribution < -0.4 is 5.32 Å². The van der Waals surface area contributed by atoms with Crippen molar-refractivity contribution in [2.45, 2.75) is 4.90 Å². The summed E-state index contributed by atoms with van der Waals surface area (Å²) in [6.45, 7) is 0. The van der Waals surface area contributed by atoms with Gasteiger partial charge in [0.2, 0.25) is 0 Å². The van der Waals surface area contributed by atoms with Crippen LogP contribution in [0.25, 0.3) is 5.69 Å². The summed E-state index contributed by atoms with van der Waals surface area (Å²) in [5, 5.41) is 10.6. The lowest BCUT2D eigenvalue weighted by Gasteiger charge is -2.07. The minimum Gasteiger partial charge on any atom is -0.319 e. The molecule has 0 bridgehead atoms. The lowest BCUT2D eigenvalue weighted by Crippen LogP contribution is -2.14. The zero-order valence-corrected chi connectivity index (χ0v) is 14.9. The molecule has 1 aromatic heterocycles. The number of sulfone groups is 1. The Labute approximate surface area is 153 Å². The number of benzene rings is 2. The van der Waals surface area contributed by atoms with Crippen molar-refractivity contribution in [3.05, 3.63) is 65.2 Å². The van der Waals surface area contributed by atoms with Crippen LogP contribution in [0.2, 0.25) is 5.02 Å². The fraction of sp³-hybridized carbons (Fsp3) is 0.0625. The van der Waals surface area contributed by atoms with Crippen molar-refractivity contribution in [2.75, 3.05) is 11.6 Å². The molecule has 0 unspecified atom stereocenters. The first-order chi connectivity index (χ1) is 12.2. The van der Waals surface area contributed by atoms with E-state index in [4.69, 9.17) is 11.6 Å². The van der Waals surface area contributed by atoms with Crippen molar-refractivity contribution in [1.82, 2.24) is 15.0 Å². The molecule has 0 atom stereocenters. The number of hydrogen-bond acceptors (Lipinski definition) is 5. The van der Waals surface area contributed by atoms with Gasteiger partial charge in [-0.05, 0) is 42.5 Å². The van der Waals surface area contributed by atoms with Gasteiger partial charge in [0.25, 0.3) is 5.91 Å². The minimum atomic E-state index is -3.45. The summed E-state index contributed by atoms with van der Waals surface area (Å²) >= 11 is 6.01. The van der Waals surface area contributed by atoms with E-state index in [0.29, 0.717) is 5.69 Å². The number of hydrogen-bond donors (Lipinski definition) is 1. The van der Waals surface area contributed by atoms with Crippen molar-refractivity contribution < 1.29 is 17.6 Å². The topological polar surface area (TPSA) is 94.0 Å². The minimum absolute atomic E-state index is 0.0184. The molecule has 1 heterocycles. The second-order valence-electron chi connectivity index (χ2n) is 5.36. The summed E-state index contributed by atoms with van der Waals surface area (Å²) in [5.74, 6) is -1.02. The summed E-state index contributed by atoms with van der Waals surface area (Å²) in [6.07, 6.45) is 2.28. The first-order valence-corrected chi connectivity index (χ1v) is 9.50. The monoisotopic (exact) mass is 394 g/mol. The van der Waals surface area contributed by atoms with Gasteiger partial charge in [0.15, 0.2) is 15.5 Å². The van der Waals surface area contributed by atoms with Crippen molar-refractivity contribution in [2.24, 2.45) is 0 Å². The SMILES string of the molecule is CS(=O)(=O)c1ccc(Cl)c(NC(=O)c2cnn(-c3ccc(F)cc3)n2)c1. The number of nitrogens with zero attached hydrogens (tertiary/aromatic N) is 3. The van der Waals surface area contributed by atoms with E-state index in [-0.39, 0.29) is 21.3 Å². The molecule has 0 spiro atoms. The molecule has 2 aromatic carbocycles. The van der Waals surface area contributed by atoms with Crippen LogP contribution in [0, 0.1) is 5.82 Å². The molecule has 134 valence electrons. The van der Waals surface area contributed by atoms with Crippen molar-refractivity contribution in [1.29, 1.82) is 0 Å². The van der Waals surface area contributed by atoms with Gasteiger partial charge in [-0.3, -0.25) is 4.79 Å². The third-order valence-electron chi connectivity index (χ3n) is 3.40. The molecule has 1 amide bonds. The molecule has 7 nitrogen and oxygen atoms in total.